The number of H-pyrrole nitrogens is 1. The summed E-state index contributed by atoms with van der Waals surface area (Å²) in [6.07, 6.45) is 4.01. The number of amides is 1. The summed E-state index contributed by atoms with van der Waals surface area (Å²) in [4.78, 5) is 20.5. The van der Waals surface area contributed by atoms with E-state index in [1.165, 1.54) is 44.0 Å². The minimum Gasteiger partial charge on any atom is -0.710 e. The van der Waals surface area contributed by atoms with Crippen LogP contribution in [0.15, 0.2) is 42.6 Å². The first kappa shape index (κ1) is 19.9. The van der Waals surface area contributed by atoms with E-state index in [-0.39, 0.29) is 23.1 Å². The Hall–Kier alpha value is -4.08. The van der Waals surface area contributed by atoms with Crippen LogP contribution < -0.4 is 15.4 Å². The van der Waals surface area contributed by atoms with Crippen LogP contribution in [0.1, 0.15) is 19.8 Å². The number of nitrogens with zero attached hydrogens (tertiary/aromatic N) is 4. The van der Waals surface area contributed by atoms with Gasteiger partial charge >= 0.3 is 5.65 Å². The molecule has 0 saturated heterocycles. The van der Waals surface area contributed by atoms with Gasteiger partial charge in [0.2, 0.25) is 11.9 Å². The molecule has 1 aliphatic carbocycles. The van der Waals surface area contributed by atoms with Gasteiger partial charge in [0.1, 0.15) is 16.9 Å². The van der Waals surface area contributed by atoms with Gasteiger partial charge in [-0.25, -0.2) is 19.1 Å². The van der Waals surface area contributed by atoms with Gasteiger partial charge in [-0.15, -0.1) is 5.10 Å². The number of hydrogen-bond donors (Lipinski definition) is 3. The highest BCUT2D eigenvalue weighted by Gasteiger charge is 2.24. The van der Waals surface area contributed by atoms with Crippen molar-refractivity contribution in [3.05, 3.63) is 53.6 Å². The van der Waals surface area contributed by atoms with E-state index in [1.807, 2.05) is 0 Å². The predicted octanol–water partition coefficient (Wildman–Crippen LogP) is 3.24. The van der Waals surface area contributed by atoms with Crippen LogP contribution in [0.2, 0.25) is 0 Å². The summed E-state index contributed by atoms with van der Waals surface area (Å²) in [6.45, 7) is 2.16. The molecular formula is C22H20FN7O2. The Morgan fingerprint density at radius 3 is 2.78 bits per heavy atom. The minimum absolute atomic E-state index is 0.165. The SMILES string of the molecule is CC(=O)Nc1n[nH]c2c1cc(-c1ccnc(NCC3CC3)n1)c(-c1ccc(F)cc1)[n+]2[O-]. The topological polar surface area (TPSA) is 123 Å². The second-order valence-corrected chi connectivity index (χ2v) is 7.81. The van der Waals surface area contributed by atoms with E-state index >= 15 is 0 Å². The molecule has 3 N–H and O–H groups in total. The lowest BCUT2D eigenvalue weighted by molar-refractivity contribution is -0.566. The van der Waals surface area contributed by atoms with Crippen LogP contribution in [0, 0.1) is 16.9 Å². The van der Waals surface area contributed by atoms with E-state index in [9.17, 15) is 14.4 Å². The van der Waals surface area contributed by atoms with Crippen molar-refractivity contribution in [3.8, 4) is 22.5 Å². The van der Waals surface area contributed by atoms with Crippen molar-refractivity contribution < 1.29 is 13.9 Å². The number of halogens is 1. The van der Waals surface area contributed by atoms with Gasteiger partial charge < -0.3 is 15.8 Å². The van der Waals surface area contributed by atoms with Crippen LogP contribution in [0.25, 0.3) is 33.5 Å². The third-order valence-corrected chi connectivity index (χ3v) is 5.32. The number of aromatic nitrogens is 5. The van der Waals surface area contributed by atoms with Crippen LogP contribution >= 0.6 is 0 Å². The third-order valence-electron chi connectivity index (χ3n) is 5.32. The maximum atomic E-state index is 13.5. The van der Waals surface area contributed by atoms with Crippen LogP contribution in [-0.4, -0.2) is 32.6 Å². The molecule has 1 saturated carbocycles. The number of carbonyl (C=O) groups is 1. The highest BCUT2D eigenvalue weighted by molar-refractivity contribution is 5.99. The van der Waals surface area contributed by atoms with Crippen molar-refractivity contribution in [1.29, 1.82) is 0 Å². The van der Waals surface area contributed by atoms with Crippen molar-refractivity contribution in [2.24, 2.45) is 5.92 Å². The average molecular weight is 433 g/mol. The number of nitrogens with one attached hydrogen (secondary N) is 3. The molecule has 1 aromatic carbocycles. The molecule has 10 heteroatoms. The van der Waals surface area contributed by atoms with E-state index in [1.54, 1.807) is 18.3 Å². The molecule has 5 rings (SSSR count). The molecule has 1 fully saturated rings. The van der Waals surface area contributed by atoms with Crippen molar-refractivity contribution in [3.63, 3.8) is 0 Å². The molecule has 9 nitrogen and oxygen atoms in total. The molecule has 32 heavy (non-hydrogen) atoms. The van der Waals surface area contributed by atoms with Crippen LogP contribution in [0.5, 0.6) is 0 Å². The lowest BCUT2D eigenvalue weighted by Gasteiger charge is -2.16. The van der Waals surface area contributed by atoms with Crippen molar-refractivity contribution >= 4 is 28.7 Å². The first-order valence-electron chi connectivity index (χ1n) is 10.2. The quantitative estimate of drug-likeness (QED) is 0.317. The van der Waals surface area contributed by atoms with E-state index in [0.717, 1.165) is 6.54 Å². The molecule has 0 atom stereocenters. The van der Waals surface area contributed by atoms with E-state index < -0.39 is 5.82 Å². The maximum Gasteiger partial charge on any atom is 0.314 e. The number of benzene rings is 1. The molecule has 3 heterocycles. The first-order valence-corrected chi connectivity index (χ1v) is 10.2. The summed E-state index contributed by atoms with van der Waals surface area (Å²) in [5, 5.41) is 26.4. The Labute approximate surface area is 182 Å². The van der Waals surface area contributed by atoms with Gasteiger partial charge in [0, 0.05) is 30.8 Å². The smallest absolute Gasteiger partial charge is 0.314 e. The lowest BCUT2D eigenvalue weighted by atomic mass is 10.0. The summed E-state index contributed by atoms with van der Waals surface area (Å²) in [5.74, 6) is 0.630. The van der Waals surface area contributed by atoms with Gasteiger partial charge in [-0.05, 0) is 55.2 Å². The zero-order valence-corrected chi connectivity index (χ0v) is 17.2. The zero-order chi connectivity index (χ0) is 22.2. The number of rotatable bonds is 6. The Balaban J connectivity index is 1.69. The monoisotopic (exact) mass is 433 g/mol. The number of carbonyl (C=O) groups excluding carboxylic acids is 1. The maximum absolute atomic E-state index is 13.5. The fraction of sp³-hybridized carbons (Fsp3) is 0.227. The molecule has 1 aliphatic rings. The van der Waals surface area contributed by atoms with Crippen molar-refractivity contribution in [1.82, 2.24) is 20.2 Å². The molecule has 162 valence electrons. The summed E-state index contributed by atoms with van der Waals surface area (Å²) >= 11 is 0. The zero-order valence-electron chi connectivity index (χ0n) is 17.2. The average Bonchev–Trinajstić information content (AvgIpc) is 3.53. The van der Waals surface area contributed by atoms with Crippen LogP contribution in [-0.2, 0) is 4.79 Å². The predicted molar refractivity (Wildman–Crippen MR) is 117 cm³/mol. The Morgan fingerprint density at radius 1 is 1.28 bits per heavy atom. The minimum atomic E-state index is -0.406. The van der Waals surface area contributed by atoms with Crippen molar-refractivity contribution in [2.45, 2.75) is 19.8 Å². The lowest BCUT2D eigenvalue weighted by Crippen LogP contribution is -2.31. The van der Waals surface area contributed by atoms with Crippen LogP contribution in [0.3, 0.4) is 0 Å². The standard InChI is InChI=1S/C22H20FN7O2/c1-12(31)26-20-17-10-16(18-8-9-24-22(27-18)25-11-13-2-3-13)19(30(32)21(17)29-28-20)14-4-6-15(23)7-5-14/h4-10,13H,2-3,11H2,1H3,(H,24,25,27)(H2,26,28,29,31). The summed E-state index contributed by atoms with van der Waals surface area (Å²) in [6, 6.07) is 9.10. The van der Waals surface area contributed by atoms with Crippen molar-refractivity contribution in [2.75, 3.05) is 17.2 Å². The fourth-order valence-corrected chi connectivity index (χ4v) is 3.56. The molecule has 0 spiro atoms. The van der Waals surface area contributed by atoms with E-state index in [4.69, 9.17) is 0 Å². The summed E-state index contributed by atoms with van der Waals surface area (Å²) in [5.41, 5.74) is 1.98. The van der Waals surface area contributed by atoms with Gasteiger partial charge in [-0.2, -0.15) is 0 Å². The van der Waals surface area contributed by atoms with E-state index in [0.29, 0.717) is 38.8 Å². The highest BCUT2D eigenvalue weighted by atomic mass is 19.1. The number of fused-ring (bicyclic) bond motifs is 1. The van der Waals surface area contributed by atoms with Gasteiger partial charge in [0.05, 0.1) is 5.69 Å². The largest absolute Gasteiger partial charge is 0.710 e. The van der Waals surface area contributed by atoms with Gasteiger partial charge in [-0.3, -0.25) is 4.79 Å². The van der Waals surface area contributed by atoms with Gasteiger partial charge in [0.15, 0.2) is 5.82 Å². The first-order chi connectivity index (χ1) is 15.5. The Bertz CT molecular complexity index is 1320. The second-order valence-electron chi connectivity index (χ2n) is 7.81. The number of hydrogen-bond acceptors (Lipinski definition) is 6. The molecular weight excluding hydrogens is 413 g/mol. The van der Waals surface area contributed by atoms with Crippen LogP contribution in [0.4, 0.5) is 16.2 Å². The molecule has 1 amide bonds. The molecule has 0 aliphatic heterocycles. The van der Waals surface area contributed by atoms with E-state index in [2.05, 4.69) is 30.8 Å². The number of pyridine rings is 1. The third kappa shape index (κ3) is 3.82. The molecule has 0 unspecified atom stereocenters. The molecule has 4 aromatic rings. The Morgan fingerprint density at radius 2 is 2.06 bits per heavy atom. The number of aromatic amines is 1. The fourth-order valence-electron chi connectivity index (χ4n) is 3.56. The highest BCUT2D eigenvalue weighted by Crippen LogP contribution is 2.33. The molecule has 0 bridgehead atoms. The molecule has 0 radical (unpaired) electrons. The summed E-state index contributed by atoms with van der Waals surface area (Å²) < 4.78 is 14.2. The normalized spacial score (nSPS) is 13.3. The second kappa shape index (κ2) is 7.88. The molecule has 3 aromatic heterocycles. The summed E-state index contributed by atoms with van der Waals surface area (Å²) in [7, 11) is 0. The van der Waals surface area contributed by atoms with Gasteiger partial charge in [-0.1, -0.05) is 5.10 Å². The van der Waals surface area contributed by atoms with Gasteiger partial charge in [0.25, 0.3) is 0 Å². The Kier molecular flexibility index (Phi) is 4.89. The number of anilines is 2.